The predicted octanol–water partition coefficient (Wildman–Crippen LogP) is 2.32. The molecule has 0 aliphatic heterocycles. The molecule has 130 valence electrons. The van der Waals surface area contributed by atoms with Crippen molar-refractivity contribution in [3.8, 4) is 0 Å². The van der Waals surface area contributed by atoms with Gasteiger partial charge in [-0.05, 0) is 44.9 Å². The van der Waals surface area contributed by atoms with E-state index in [9.17, 15) is 13.2 Å². The first-order chi connectivity index (χ1) is 11.2. The molecule has 0 aliphatic rings. The lowest BCUT2D eigenvalue weighted by Crippen LogP contribution is -2.19. The minimum atomic E-state index is -3.87. The van der Waals surface area contributed by atoms with Crippen molar-refractivity contribution in [1.82, 2.24) is 9.78 Å². The maximum atomic E-state index is 12.8. The van der Waals surface area contributed by atoms with Gasteiger partial charge in [-0.15, -0.1) is 0 Å². The molecule has 2 rings (SSSR count). The molecule has 0 fully saturated rings. The Balaban J connectivity index is 2.51. The third kappa shape index (κ3) is 3.43. The maximum Gasteiger partial charge on any atom is 0.343 e. The Morgan fingerprint density at radius 1 is 1.29 bits per heavy atom. The molecule has 0 atom stereocenters. The zero-order chi connectivity index (χ0) is 18.1. The van der Waals surface area contributed by atoms with Crippen LogP contribution in [0.2, 0.25) is 0 Å². The Bertz CT molecular complexity index is 885. The summed E-state index contributed by atoms with van der Waals surface area (Å²) in [5.41, 5.74) is 1.96. The van der Waals surface area contributed by atoms with E-state index in [1.807, 2.05) is 13.0 Å². The topological polar surface area (TPSA) is 90.3 Å². The molecule has 0 saturated heterocycles. The van der Waals surface area contributed by atoms with Crippen molar-refractivity contribution in [2.24, 2.45) is 7.05 Å². The Morgan fingerprint density at radius 3 is 2.58 bits per heavy atom. The van der Waals surface area contributed by atoms with E-state index in [4.69, 9.17) is 4.74 Å². The van der Waals surface area contributed by atoms with Gasteiger partial charge in [0.15, 0.2) is 5.82 Å². The van der Waals surface area contributed by atoms with Crippen molar-refractivity contribution in [2.45, 2.75) is 32.6 Å². The number of rotatable bonds is 5. The molecule has 0 radical (unpaired) electrons. The molecule has 0 aliphatic carbocycles. The predicted molar refractivity (Wildman–Crippen MR) is 90.6 cm³/mol. The minimum absolute atomic E-state index is 0.0897. The van der Waals surface area contributed by atoms with Crippen LogP contribution in [0.15, 0.2) is 23.1 Å². The molecule has 0 spiro atoms. The first-order valence-corrected chi connectivity index (χ1v) is 8.96. The number of nitrogens with zero attached hydrogens (tertiary/aromatic N) is 2. The van der Waals surface area contributed by atoms with Gasteiger partial charge < -0.3 is 4.74 Å². The third-order valence-corrected chi connectivity index (χ3v) is 5.05. The Kier molecular flexibility index (Phi) is 4.98. The molecule has 1 aromatic heterocycles. The molecule has 0 bridgehead atoms. The third-order valence-electron chi connectivity index (χ3n) is 3.57. The first kappa shape index (κ1) is 18.0. The molecule has 7 nitrogen and oxygen atoms in total. The number of anilines is 1. The number of hydrogen-bond donors (Lipinski definition) is 1. The molecular formula is C16H21N3O4S. The van der Waals surface area contributed by atoms with Gasteiger partial charge in [0.2, 0.25) is 0 Å². The number of benzene rings is 1. The SMILES string of the molecule is CCOC(=O)c1c(C)nn(C)c1NS(=O)(=O)c1cc(C)ccc1C. The second-order valence-corrected chi connectivity index (χ2v) is 7.18. The monoisotopic (exact) mass is 351 g/mol. The van der Waals surface area contributed by atoms with E-state index in [-0.39, 0.29) is 22.9 Å². The van der Waals surface area contributed by atoms with E-state index in [1.54, 1.807) is 40.0 Å². The van der Waals surface area contributed by atoms with Crippen molar-refractivity contribution in [3.63, 3.8) is 0 Å². The summed E-state index contributed by atoms with van der Waals surface area (Å²) in [7, 11) is -2.30. The first-order valence-electron chi connectivity index (χ1n) is 7.48. The lowest BCUT2D eigenvalue weighted by molar-refractivity contribution is 0.0526. The molecule has 0 unspecified atom stereocenters. The molecule has 8 heteroatoms. The summed E-state index contributed by atoms with van der Waals surface area (Å²) in [5, 5.41) is 4.12. The van der Waals surface area contributed by atoms with Gasteiger partial charge in [0, 0.05) is 7.05 Å². The number of aryl methyl sites for hydroxylation is 4. The average molecular weight is 351 g/mol. The second kappa shape index (κ2) is 6.64. The fourth-order valence-corrected chi connectivity index (χ4v) is 3.83. The van der Waals surface area contributed by atoms with Crippen LogP contribution < -0.4 is 4.72 Å². The lowest BCUT2D eigenvalue weighted by Gasteiger charge is -2.12. The van der Waals surface area contributed by atoms with Gasteiger partial charge in [0.05, 0.1) is 17.2 Å². The molecule has 0 amide bonds. The molecular weight excluding hydrogens is 330 g/mol. The summed E-state index contributed by atoms with van der Waals surface area (Å²) >= 11 is 0. The number of carbonyl (C=O) groups is 1. The number of esters is 1. The van der Waals surface area contributed by atoms with Gasteiger partial charge in [-0.25, -0.2) is 13.2 Å². The highest BCUT2D eigenvalue weighted by molar-refractivity contribution is 7.92. The van der Waals surface area contributed by atoms with Crippen molar-refractivity contribution >= 4 is 21.8 Å². The van der Waals surface area contributed by atoms with Crippen LogP contribution in [0.5, 0.6) is 0 Å². The maximum absolute atomic E-state index is 12.8. The van der Waals surface area contributed by atoms with Crippen LogP contribution in [0.4, 0.5) is 5.82 Å². The number of aromatic nitrogens is 2. The smallest absolute Gasteiger partial charge is 0.343 e. The van der Waals surface area contributed by atoms with Crippen molar-refractivity contribution in [1.29, 1.82) is 0 Å². The zero-order valence-corrected chi connectivity index (χ0v) is 15.2. The van der Waals surface area contributed by atoms with E-state index in [0.717, 1.165) is 5.56 Å². The lowest BCUT2D eigenvalue weighted by atomic mass is 10.2. The van der Waals surface area contributed by atoms with E-state index in [1.165, 1.54) is 4.68 Å². The molecule has 1 aromatic carbocycles. The minimum Gasteiger partial charge on any atom is -0.462 e. The van der Waals surface area contributed by atoms with Crippen LogP contribution >= 0.6 is 0 Å². The second-order valence-electron chi connectivity index (χ2n) is 5.53. The highest BCUT2D eigenvalue weighted by Gasteiger charge is 2.26. The van der Waals surface area contributed by atoms with Crippen LogP contribution in [-0.4, -0.2) is 30.8 Å². The summed E-state index contributed by atoms with van der Waals surface area (Å²) in [6.07, 6.45) is 0. The van der Waals surface area contributed by atoms with Gasteiger partial charge in [-0.3, -0.25) is 9.40 Å². The van der Waals surface area contributed by atoms with E-state index < -0.39 is 16.0 Å². The van der Waals surface area contributed by atoms with Gasteiger partial charge in [0.1, 0.15) is 5.56 Å². The van der Waals surface area contributed by atoms with E-state index in [2.05, 4.69) is 9.82 Å². The number of nitrogens with one attached hydrogen (secondary N) is 1. The summed E-state index contributed by atoms with van der Waals surface area (Å²) < 4.78 is 34.3. The molecule has 24 heavy (non-hydrogen) atoms. The Morgan fingerprint density at radius 2 is 1.96 bits per heavy atom. The van der Waals surface area contributed by atoms with Gasteiger partial charge in [-0.1, -0.05) is 12.1 Å². The van der Waals surface area contributed by atoms with Crippen LogP contribution in [0.1, 0.15) is 34.1 Å². The Labute approximate surface area is 141 Å². The molecule has 2 aromatic rings. The molecule has 1 heterocycles. The summed E-state index contributed by atoms with van der Waals surface area (Å²) in [6.45, 7) is 7.04. The standard InChI is InChI=1S/C16H21N3O4S/c1-6-23-16(20)14-12(4)17-19(5)15(14)18-24(21,22)13-9-10(2)7-8-11(13)3/h7-9,18H,6H2,1-5H3. The highest BCUT2D eigenvalue weighted by Crippen LogP contribution is 2.25. The molecule has 0 saturated carbocycles. The van der Waals surface area contributed by atoms with Gasteiger partial charge in [-0.2, -0.15) is 5.10 Å². The Hall–Kier alpha value is -2.35. The zero-order valence-electron chi connectivity index (χ0n) is 14.4. The number of hydrogen-bond acceptors (Lipinski definition) is 5. The number of ether oxygens (including phenoxy) is 1. The summed E-state index contributed by atoms with van der Waals surface area (Å²) in [5.74, 6) is -0.520. The van der Waals surface area contributed by atoms with Crippen molar-refractivity contribution < 1.29 is 17.9 Å². The average Bonchev–Trinajstić information content (AvgIpc) is 2.75. The number of sulfonamides is 1. The highest BCUT2D eigenvalue weighted by atomic mass is 32.2. The quantitative estimate of drug-likeness (QED) is 0.835. The van der Waals surface area contributed by atoms with Gasteiger partial charge in [0.25, 0.3) is 10.0 Å². The van der Waals surface area contributed by atoms with Crippen LogP contribution in [0, 0.1) is 20.8 Å². The van der Waals surface area contributed by atoms with Gasteiger partial charge >= 0.3 is 5.97 Å². The summed E-state index contributed by atoms with van der Waals surface area (Å²) in [4.78, 5) is 12.3. The largest absolute Gasteiger partial charge is 0.462 e. The fraction of sp³-hybridized carbons (Fsp3) is 0.375. The summed E-state index contributed by atoms with van der Waals surface area (Å²) in [6, 6.07) is 5.17. The van der Waals surface area contributed by atoms with Crippen LogP contribution in [-0.2, 0) is 21.8 Å². The van der Waals surface area contributed by atoms with Crippen molar-refractivity contribution in [2.75, 3.05) is 11.3 Å². The van der Waals surface area contributed by atoms with E-state index in [0.29, 0.717) is 11.3 Å². The number of carbonyl (C=O) groups excluding carboxylic acids is 1. The molecule has 1 N–H and O–H groups in total. The van der Waals surface area contributed by atoms with Crippen LogP contribution in [0.3, 0.4) is 0 Å². The normalized spacial score (nSPS) is 11.4. The van der Waals surface area contributed by atoms with Crippen molar-refractivity contribution in [3.05, 3.63) is 40.6 Å². The van der Waals surface area contributed by atoms with E-state index >= 15 is 0 Å². The fourth-order valence-electron chi connectivity index (χ4n) is 2.40. The van der Waals surface area contributed by atoms with Crippen LogP contribution in [0.25, 0.3) is 0 Å².